The Morgan fingerprint density at radius 1 is 1.03 bits per heavy atom. The first-order chi connectivity index (χ1) is 29.2. The molecule has 4 atom stereocenters. The van der Waals surface area contributed by atoms with Crippen LogP contribution in [0.1, 0.15) is 88.6 Å². The molecule has 4 heterocycles. The average molecular weight is 836 g/mol. The quantitative estimate of drug-likeness (QED) is 0.0655. The Morgan fingerprint density at radius 3 is 2.49 bits per heavy atom. The fourth-order valence-electron chi connectivity index (χ4n) is 8.56. The molecule has 3 aromatic carbocycles. The number of hydrogen-bond acceptors (Lipinski definition) is 14. The van der Waals surface area contributed by atoms with Gasteiger partial charge in [0.25, 0.3) is 5.91 Å². The first kappa shape index (κ1) is 43.0. The number of allylic oxidation sites excluding steroid dienone is 4. The van der Waals surface area contributed by atoms with Crippen LogP contribution < -0.4 is 20.4 Å². The summed E-state index contributed by atoms with van der Waals surface area (Å²) >= 11 is 0. The van der Waals surface area contributed by atoms with Crippen molar-refractivity contribution in [1.82, 2.24) is 9.88 Å². The summed E-state index contributed by atoms with van der Waals surface area (Å²) in [6, 6.07) is 3.76. The number of ether oxygens (including phenoxy) is 3. The van der Waals surface area contributed by atoms with Crippen LogP contribution in [0.15, 0.2) is 62.7 Å². The van der Waals surface area contributed by atoms with Crippen molar-refractivity contribution in [3.05, 3.63) is 74.5 Å². The number of benzene rings is 3. The molecule has 0 spiro atoms. The molecule has 2 N–H and O–H groups in total. The van der Waals surface area contributed by atoms with E-state index in [1.165, 1.54) is 20.1 Å². The van der Waals surface area contributed by atoms with E-state index < -0.39 is 29.2 Å². The molecular weight excluding hydrogens is 783 g/mol. The highest BCUT2D eigenvalue weighted by Crippen LogP contribution is 2.47. The number of fused-ring (bicyclic) bond motifs is 2. The van der Waals surface area contributed by atoms with Crippen LogP contribution in [-0.4, -0.2) is 78.3 Å². The van der Waals surface area contributed by atoms with E-state index in [1.54, 1.807) is 37.3 Å². The molecule has 0 unspecified atom stereocenters. The van der Waals surface area contributed by atoms with Crippen LogP contribution in [0.3, 0.4) is 0 Å². The van der Waals surface area contributed by atoms with E-state index in [0.29, 0.717) is 37.7 Å². The predicted octanol–water partition coefficient (Wildman–Crippen LogP) is 8.48. The molecule has 1 fully saturated rings. The molecule has 0 radical (unpaired) electrons. The van der Waals surface area contributed by atoms with Crippen LogP contribution >= 0.6 is 0 Å². The lowest BCUT2D eigenvalue weighted by molar-refractivity contribution is -0.149. The summed E-state index contributed by atoms with van der Waals surface area (Å²) in [6.45, 7) is 10.0. The second-order valence-electron chi connectivity index (χ2n) is 16.7. The molecule has 1 saturated heterocycles. The number of Topliss-reactive ketones (excluding diaryl/α,β-unsaturated/α-hetero) is 1. The lowest BCUT2D eigenvalue weighted by Crippen LogP contribution is -2.41. The average Bonchev–Trinajstić information content (AvgIpc) is 3.56. The molecular formula is C46H53N5O10. The lowest BCUT2D eigenvalue weighted by Gasteiger charge is -2.36. The maximum Gasteiger partial charge on any atom is 0.304 e. The zero-order valence-corrected chi connectivity index (χ0v) is 35.7. The number of phenolic OH excluding ortho intramolecular Hbond substituents is 1. The van der Waals surface area contributed by atoms with Crippen molar-refractivity contribution < 1.29 is 38.1 Å². The number of piperidine rings is 1. The number of aromatic hydroxyl groups is 1. The van der Waals surface area contributed by atoms with E-state index in [0.717, 1.165) is 32.1 Å². The summed E-state index contributed by atoms with van der Waals surface area (Å²) in [5, 5.41) is 17.7. The van der Waals surface area contributed by atoms with Crippen LogP contribution in [0.5, 0.6) is 11.5 Å². The van der Waals surface area contributed by atoms with Gasteiger partial charge in [-0.15, -0.1) is 4.91 Å². The van der Waals surface area contributed by atoms with Gasteiger partial charge in [-0.3, -0.25) is 19.2 Å². The van der Waals surface area contributed by atoms with Gasteiger partial charge in [-0.05, 0) is 95.6 Å². The monoisotopic (exact) mass is 835 g/mol. The van der Waals surface area contributed by atoms with E-state index in [2.05, 4.69) is 48.2 Å². The minimum Gasteiger partial charge on any atom is -0.505 e. The maximum absolute atomic E-state index is 14.3. The number of carbonyl (C=O) groups is 3. The van der Waals surface area contributed by atoms with Crippen LogP contribution in [0, 0.1) is 23.7 Å². The number of nitrogens with zero attached hydrogens (tertiary/aromatic N) is 4. The summed E-state index contributed by atoms with van der Waals surface area (Å²) in [6.07, 6.45) is 12.1. The molecule has 15 heteroatoms. The Bertz CT molecular complexity index is 2570. The normalized spacial score (nSPS) is 24.1. The standard InChI is InChI=1S/C46H53N5O10/c1-24-12-10-14-25(2)32(59-28(5)52)16-8-9-21-58-46-42(55)36-34-35(40(53)27(4)43(36)61-46)41(54)39(48-45(56)26(3)15-11-13-24)44-38(34)47-37-31(49-57)22-30(23-33(37)60-44)51-19-17-29(18-20-51)50(6)7/h9,11,13,15,21-25,29,32,46,54H,8,10,12,14,16-20H2,1-7H3,(H,48,56)/b13-11+,21-9+,26-15-/t24-,25-,32-,46+/m1/s1. The molecule has 1 amide bonds. The highest BCUT2D eigenvalue weighted by Gasteiger charge is 2.40. The second-order valence-corrected chi connectivity index (χ2v) is 16.7. The van der Waals surface area contributed by atoms with Crippen LogP contribution in [0.2, 0.25) is 0 Å². The number of nitrogens with one attached hydrogen (secondary N) is 1. The number of anilines is 2. The first-order valence-corrected chi connectivity index (χ1v) is 20.9. The Morgan fingerprint density at radius 2 is 1.79 bits per heavy atom. The third kappa shape index (κ3) is 8.61. The summed E-state index contributed by atoms with van der Waals surface area (Å²) in [4.78, 5) is 76.1. The summed E-state index contributed by atoms with van der Waals surface area (Å²) in [5.41, 5.74) is -0.0992. The van der Waals surface area contributed by atoms with Gasteiger partial charge in [0, 0.05) is 54.3 Å². The van der Waals surface area contributed by atoms with E-state index in [-0.39, 0.29) is 90.7 Å². The van der Waals surface area contributed by atoms with Gasteiger partial charge in [0.2, 0.25) is 5.78 Å². The summed E-state index contributed by atoms with van der Waals surface area (Å²) in [5.74, 6) is -2.03. The minimum atomic E-state index is -1.49. The Labute approximate surface area is 353 Å². The highest BCUT2D eigenvalue weighted by molar-refractivity contribution is 6.26. The number of ketones is 1. The predicted molar refractivity (Wildman–Crippen MR) is 234 cm³/mol. The molecule has 3 aliphatic rings. The zero-order chi connectivity index (χ0) is 43.7. The largest absolute Gasteiger partial charge is 0.505 e. The number of amides is 1. The van der Waals surface area contributed by atoms with E-state index in [4.69, 9.17) is 23.6 Å². The fraction of sp³-hybridized carbons (Fsp3) is 0.457. The fourth-order valence-corrected chi connectivity index (χ4v) is 8.56. The van der Waals surface area contributed by atoms with Gasteiger partial charge in [0.05, 0.1) is 17.2 Å². The summed E-state index contributed by atoms with van der Waals surface area (Å²) in [7, 11) is 4.10. The van der Waals surface area contributed by atoms with Crippen molar-refractivity contribution in [1.29, 1.82) is 0 Å². The molecule has 15 nitrogen and oxygen atoms in total. The van der Waals surface area contributed by atoms with Crippen molar-refractivity contribution in [3.63, 3.8) is 0 Å². The number of aromatic nitrogens is 1. The molecule has 4 bridgehead atoms. The molecule has 322 valence electrons. The van der Waals surface area contributed by atoms with Crippen molar-refractivity contribution in [2.45, 2.75) is 98.0 Å². The van der Waals surface area contributed by atoms with E-state index in [1.807, 2.05) is 6.08 Å². The number of esters is 1. The van der Waals surface area contributed by atoms with Crippen molar-refractivity contribution in [3.8, 4) is 11.5 Å². The van der Waals surface area contributed by atoms with Gasteiger partial charge in [0.1, 0.15) is 34.3 Å². The number of rotatable bonds is 4. The van der Waals surface area contributed by atoms with Crippen LogP contribution in [0.25, 0.3) is 33.0 Å². The van der Waals surface area contributed by atoms with Gasteiger partial charge in [-0.2, -0.15) is 0 Å². The van der Waals surface area contributed by atoms with Gasteiger partial charge in [-0.1, -0.05) is 38.5 Å². The van der Waals surface area contributed by atoms with Crippen molar-refractivity contribution in [2.24, 2.45) is 17.0 Å². The smallest absolute Gasteiger partial charge is 0.304 e. The van der Waals surface area contributed by atoms with Gasteiger partial charge in [0.15, 0.2) is 22.3 Å². The second kappa shape index (κ2) is 17.9. The first-order valence-electron chi connectivity index (χ1n) is 20.9. The summed E-state index contributed by atoms with van der Waals surface area (Å²) < 4.78 is 24.0. The molecule has 0 saturated carbocycles. The molecule has 7 rings (SSSR count). The minimum absolute atomic E-state index is 0.0209. The molecule has 61 heavy (non-hydrogen) atoms. The Hall–Kier alpha value is -6.09. The van der Waals surface area contributed by atoms with E-state index in [9.17, 15) is 29.2 Å². The van der Waals surface area contributed by atoms with Gasteiger partial charge >= 0.3 is 12.3 Å². The molecule has 4 aromatic rings. The van der Waals surface area contributed by atoms with Crippen LogP contribution in [-0.2, 0) is 19.1 Å². The number of nitroso groups, excluding NO2 is 1. The van der Waals surface area contributed by atoms with Crippen LogP contribution in [0.4, 0.5) is 17.1 Å². The molecule has 0 aliphatic carbocycles. The van der Waals surface area contributed by atoms with Gasteiger partial charge < -0.3 is 38.9 Å². The molecule has 1 aromatic heterocycles. The topological polar surface area (TPSA) is 190 Å². The SMILES string of the molecule is CC(=O)O[C@@H]1CC/C=C/O[C@H]2Oc3c(C)c(=O)c4c(O)c(c5oc6cc(N7CCC(N(C)C)CC7)cc(N=O)c6nc5c4c3C2=O)NC(=O)/C(C)=C\C=C\[C@H](C)CCC[C@H]1C. The van der Waals surface area contributed by atoms with Crippen molar-refractivity contribution >= 4 is 67.7 Å². The van der Waals surface area contributed by atoms with Gasteiger partial charge in [-0.25, -0.2) is 4.98 Å². The number of carbonyl (C=O) groups excluding carboxylic acids is 3. The number of phenols is 1. The Kier molecular flexibility index (Phi) is 12.6. The zero-order valence-electron chi connectivity index (χ0n) is 35.7. The number of hydrogen-bond donors (Lipinski definition) is 2. The molecule has 3 aliphatic heterocycles. The highest BCUT2D eigenvalue weighted by atomic mass is 16.7. The maximum atomic E-state index is 14.3. The Balaban J connectivity index is 1.40. The van der Waals surface area contributed by atoms with E-state index >= 15 is 0 Å². The third-order valence-corrected chi connectivity index (χ3v) is 12.2. The third-order valence-electron chi connectivity index (χ3n) is 12.2. The van der Waals surface area contributed by atoms with Crippen molar-refractivity contribution in [2.75, 3.05) is 37.4 Å². The lowest BCUT2D eigenvalue weighted by atomic mass is 9.92.